The highest BCUT2D eigenvalue weighted by molar-refractivity contribution is 5.66. The molecule has 134 valence electrons. The maximum Gasteiger partial charge on any atom is 0.417 e. The number of carboxylic acid groups (broad SMARTS) is 1. The van der Waals surface area contributed by atoms with E-state index in [1.165, 1.54) is 11.0 Å². The van der Waals surface area contributed by atoms with Gasteiger partial charge in [-0.1, -0.05) is 0 Å². The van der Waals surface area contributed by atoms with E-state index in [0.29, 0.717) is 31.7 Å². The second kappa shape index (κ2) is 6.49. The Morgan fingerprint density at radius 2 is 1.83 bits per heavy atom. The van der Waals surface area contributed by atoms with Crippen molar-refractivity contribution in [3.63, 3.8) is 0 Å². The van der Waals surface area contributed by atoms with Crippen molar-refractivity contribution in [1.29, 1.82) is 0 Å². The van der Waals surface area contributed by atoms with E-state index in [0.717, 1.165) is 12.3 Å². The first-order chi connectivity index (χ1) is 11.0. The highest BCUT2D eigenvalue weighted by atomic mass is 19.4. The molecule has 1 aliphatic rings. The molecule has 1 aromatic rings. The summed E-state index contributed by atoms with van der Waals surface area (Å²) in [6.45, 7) is 6.67. The SMILES string of the molecule is CC(C)(C)N(C(=O)O)C1CCN(c2ccc(C(F)(F)F)cn2)CC1. The van der Waals surface area contributed by atoms with Crippen LogP contribution in [-0.4, -0.2) is 45.8 Å². The van der Waals surface area contributed by atoms with Gasteiger partial charge < -0.3 is 14.9 Å². The van der Waals surface area contributed by atoms with Crippen molar-refractivity contribution in [3.05, 3.63) is 23.9 Å². The van der Waals surface area contributed by atoms with Gasteiger partial charge in [-0.3, -0.25) is 0 Å². The number of hydrogen-bond donors (Lipinski definition) is 1. The molecule has 0 saturated carbocycles. The van der Waals surface area contributed by atoms with Crippen LogP contribution in [0.4, 0.5) is 23.8 Å². The largest absolute Gasteiger partial charge is 0.465 e. The van der Waals surface area contributed by atoms with Gasteiger partial charge in [-0.05, 0) is 45.7 Å². The van der Waals surface area contributed by atoms with E-state index in [2.05, 4.69) is 4.98 Å². The molecule has 0 radical (unpaired) electrons. The molecule has 1 aliphatic heterocycles. The van der Waals surface area contributed by atoms with Gasteiger partial charge in [-0.15, -0.1) is 0 Å². The van der Waals surface area contributed by atoms with E-state index in [-0.39, 0.29) is 6.04 Å². The third-order valence-electron chi connectivity index (χ3n) is 4.16. The summed E-state index contributed by atoms with van der Waals surface area (Å²) in [7, 11) is 0. The summed E-state index contributed by atoms with van der Waals surface area (Å²) in [4.78, 5) is 18.8. The first-order valence-electron chi connectivity index (χ1n) is 7.80. The number of hydrogen-bond acceptors (Lipinski definition) is 3. The molecule has 0 aliphatic carbocycles. The van der Waals surface area contributed by atoms with Crippen LogP contribution in [0.15, 0.2) is 18.3 Å². The summed E-state index contributed by atoms with van der Waals surface area (Å²) in [5, 5.41) is 9.44. The van der Waals surface area contributed by atoms with Crippen molar-refractivity contribution in [2.75, 3.05) is 18.0 Å². The Kier molecular flexibility index (Phi) is 4.96. The third-order valence-corrected chi connectivity index (χ3v) is 4.16. The van der Waals surface area contributed by atoms with E-state index in [4.69, 9.17) is 0 Å². The van der Waals surface area contributed by atoms with Gasteiger partial charge in [-0.2, -0.15) is 13.2 Å². The number of piperidine rings is 1. The summed E-state index contributed by atoms with van der Waals surface area (Å²) >= 11 is 0. The number of alkyl halides is 3. The van der Waals surface area contributed by atoms with Crippen LogP contribution >= 0.6 is 0 Å². The minimum Gasteiger partial charge on any atom is -0.465 e. The van der Waals surface area contributed by atoms with Crippen molar-refractivity contribution in [2.24, 2.45) is 0 Å². The fourth-order valence-corrected chi connectivity index (χ4v) is 3.08. The molecule has 1 fully saturated rings. The second-order valence-electron chi connectivity index (χ2n) is 6.94. The lowest BCUT2D eigenvalue weighted by Crippen LogP contribution is -2.54. The number of carbonyl (C=O) groups is 1. The monoisotopic (exact) mass is 345 g/mol. The summed E-state index contributed by atoms with van der Waals surface area (Å²) in [6, 6.07) is 2.28. The second-order valence-corrected chi connectivity index (χ2v) is 6.94. The fraction of sp³-hybridized carbons (Fsp3) is 0.625. The van der Waals surface area contributed by atoms with Crippen LogP contribution in [0.5, 0.6) is 0 Å². The van der Waals surface area contributed by atoms with Gasteiger partial charge in [0, 0.05) is 30.9 Å². The molecular weight excluding hydrogens is 323 g/mol. The van der Waals surface area contributed by atoms with Crippen LogP contribution in [0.2, 0.25) is 0 Å². The van der Waals surface area contributed by atoms with Gasteiger partial charge in [0.15, 0.2) is 0 Å². The number of rotatable bonds is 2. The van der Waals surface area contributed by atoms with E-state index >= 15 is 0 Å². The average molecular weight is 345 g/mol. The van der Waals surface area contributed by atoms with Gasteiger partial charge >= 0.3 is 12.3 Å². The molecule has 8 heteroatoms. The maximum atomic E-state index is 12.6. The van der Waals surface area contributed by atoms with Crippen LogP contribution in [0, 0.1) is 0 Å². The fourth-order valence-electron chi connectivity index (χ4n) is 3.08. The van der Waals surface area contributed by atoms with Gasteiger partial charge in [-0.25, -0.2) is 9.78 Å². The Labute approximate surface area is 139 Å². The maximum absolute atomic E-state index is 12.6. The molecule has 0 bridgehead atoms. The molecule has 0 spiro atoms. The van der Waals surface area contributed by atoms with Crippen molar-refractivity contribution in [1.82, 2.24) is 9.88 Å². The molecule has 1 saturated heterocycles. The van der Waals surface area contributed by atoms with Crippen molar-refractivity contribution < 1.29 is 23.1 Å². The zero-order valence-corrected chi connectivity index (χ0v) is 14.0. The number of amides is 1. The predicted molar refractivity (Wildman–Crippen MR) is 84.1 cm³/mol. The highest BCUT2D eigenvalue weighted by Crippen LogP contribution is 2.30. The normalized spacial score (nSPS) is 17.0. The average Bonchev–Trinajstić information content (AvgIpc) is 2.45. The number of pyridine rings is 1. The van der Waals surface area contributed by atoms with Crippen LogP contribution in [0.3, 0.4) is 0 Å². The van der Waals surface area contributed by atoms with Crippen molar-refractivity contribution >= 4 is 11.9 Å². The molecule has 5 nitrogen and oxygen atoms in total. The lowest BCUT2D eigenvalue weighted by molar-refractivity contribution is -0.137. The zero-order chi connectivity index (χ0) is 18.1. The van der Waals surface area contributed by atoms with Crippen molar-refractivity contribution in [2.45, 2.75) is 51.4 Å². The zero-order valence-electron chi connectivity index (χ0n) is 14.0. The van der Waals surface area contributed by atoms with Crippen LogP contribution in [0.1, 0.15) is 39.2 Å². The predicted octanol–water partition coefficient (Wildman–Crippen LogP) is 3.85. The van der Waals surface area contributed by atoms with E-state index in [1.54, 1.807) is 0 Å². The van der Waals surface area contributed by atoms with Crippen molar-refractivity contribution in [3.8, 4) is 0 Å². The molecule has 0 aromatic carbocycles. The molecule has 1 aromatic heterocycles. The Bertz CT molecular complexity index is 574. The summed E-state index contributed by atoms with van der Waals surface area (Å²) < 4.78 is 37.7. The molecule has 2 heterocycles. The number of anilines is 1. The molecule has 24 heavy (non-hydrogen) atoms. The minimum absolute atomic E-state index is 0.104. The van der Waals surface area contributed by atoms with E-state index in [9.17, 15) is 23.1 Å². The summed E-state index contributed by atoms with van der Waals surface area (Å²) in [5.74, 6) is 0.485. The standard InChI is InChI=1S/C16H22F3N3O2/c1-15(2,3)22(14(23)24)12-6-8-21(9-7-12)13-5-4-11(10-20-13)16(17,18)19/h4-5,10,12H,6-9H2,1-3H3,(H,23,24). The first-order valence-corrected chi connectivity index (χ1v) is 7.80. The molecule has 1 N–H and O–H groups in total. The van der Waals surface area contributed by atoms with Crippen LogP contribution < -0.4 is 4.90 Å². The Morgan fingerprint density at radius 3 is 2.21 bits per heavy atom. The van der Waals surface area contributed by atoms with Crippen LogP contribution in [-0.2, 0) is 6.18 Å². The number of halogens is 3. The number of nitrogens with zero attached hydrogens (tertiary/aromatic N) is 3. The molecule has 2 rings (SSSR count). The van der Waals surface area contributed by atoms with Crippen LogP contribution in [0.25, 0.3) is 0 Å². The third kappa shape index (κ3) is 4.10. The minimum atomic E-state index is -4.40. The van der Waals surface area contributed by atoms with Gasteiger partial charge in [0.05, 0.1) is 5.56 Å². The molecule has 0 atom stereocenters. The molecular formula is C16H22F3N3O2. The molecule has 0 unspecified atom stereocenters. The Balaban J connectivity index is 2.03. The number of aromatic nitrogens is 1. The first kappa shape index (κ1) is 18.4. The highest BCUT2D eigenvalue weighted by Gasteiger charge is 2.35. The Hall–Kier alpha value is -1.99. The van der Waals surface area contributed by atoms with E-state index < -0.39 is 23.4 Å². The quantitative estimate of drug-likeness (QED) is 0.885. The Morgan fingerprint density at radius 1 is 1.25 bits per heavy atom. The van der Waals surface area contributed by atoms with Gasteiger partial charge in [0.1, 0.15) is 5.82 Å². The lowest BCUT2D eigenvalue weighted by Gasteiger charge is -2.43. The van der Waals surface area contributed by atoms with Gasteiger partial charge in [0.25, 0.3) is 0 Å². The topological polar surface area (TPSA) is 56.7 Å². The van der Waals surface area contributed by atoms with Gasteiger partial charge in [0.2, 0.25) is 0 Å². The summed E-state index contributed by atoms with van der Waals surface area (Å²) in [6.07, 6.45) is -3.28. The molecule has 1 amide bonds. The summed E-state index contributed by atoms with van der Waals surface area (Å²) in [5.41, 5.74) is -1.27. The smallest absolute Gasteiger partial charge is 0.417 e. The lowest BCUT2D eigenvalue weighted by atomic mass is 9.97. The van der Waals surface area contributed by atoms with E-state index in [1.807, 2.05) is 25.7 Å².